The third kappa shape index (κ3) is 5.19. The summed E-state index contributed by atoms with van der Waals surface area (Å²) in [4.78, 5) is 28.7. The second kappa shape index (κ2) is 10.7. The minimum atomic E-state index is -0.657. The lowest BCUT2D eigenvalue weighted by molar-refractivity contribution is 0.283. The molecule has 0 spiro atoms. The van der Waals surface area contributed by atoms with Crippen molar-refractivity contribution in [3.8, 4) is 11.6 Å². The number of aromatic nitrogens is 7. The SMILES string of the molecule is C=C[C@H]1CC[C@H](Cn2c(NC(C)c3ccno3)nc3nc(-c4noc(=O)[nH]4)nc(N[C@H](C)C4CCC4)c32)CC1. The highest BCUT2D eigenvalue weighted by Gasteiger charge is 2.29. The van der Waals surface area contributed by atoms with Gasteiger partial charge in [-0.2, -0.15) is 4.98 Å². The van der Waals surface area contributed by atoms with E-state index >= 15 is 0 Å². The molecule has 0 saturated heterocycles. The van der Waals surface area contributed by atoms with Crippen molar-refractivity contribution in [2.75, 3.05) is 10.6 Å². The van der Waals surface area contributed by atoms with Crippen LogP contribution < -0.4 is 16.4 Å². The van der Waals surface area contributed by atoms with E-state index in [1.54, 1.807) is 6.20 Å². The Kier molecular flexibility index (Phi) is 6.92. The largest absolute Gasteiger partial charge is 0.439 e. The molecular weight excluding hydrogens is 498 g/mol. The number of hydrogen-bond acceptors (Lipinski definition) is 10. The monoisotopic (exact) mass is 533 g/mol. The number of rotatable bonds is 10. The molecule has 0 aromatic carbocycles. The molecule has 3 N–H and O–H groups in total. The fourth-order valence-electron chi connectivity index (χ4n) is 5.71. The molecule has 6 rings (SSSR count). The smallest absolute Gasteiger partial charge is 0.365 e. The molecule has 206 valence electrons. The summed E-state index contributed by atoms with van der Waals surface area (Å²) >= 11 is 0. The Labute approximate surface area is 225 Å². The van der Waals surface area contributed by atoms with E-state index in [4.69, 9.17) is 24.0 Å². The summed E-state index contributed by atoms with van der Waals surface area (Å²) in [5, 5.41) is 14.9. The first-order valence-corrected chi connectivity index (χ1v) is 13.9. The van der Waals surface area contributed by atoms with E-state index in [1.807, 2.05) is 13.0 Å². The van der Waals surface area contributed by atoms with Gasteiger partial charge in [-0.15, -0.1) is 6.58 Å². The van der Waals surface area contributed by atoms with E-state index in [9.17, 15) is 4.79 Å². The third-order valence-corrected chi connectivity index (χ3v) is 8.37. The minimum Gasteiger partial charge on any atom is -0.365 e. The molecule has 4 aromatic rings. The standard InChI is InChI=1S/C27H35N9O3/c1-4-17-8-10-18(11-9-17)14-36-21-22(29-15(2)19-6-5-7-19)31-24(25-34-27(37)39-35-25)32-23(21)33-26(36)30-16(3)20-12-13-28-38-20/h4,12-13,15-19H,1,5-11,14H2,2-3H3,(H,34,35,37)(H2,29,30,31,32,33)/t15-,16?,17-,18-/m1/s1. The molecule has 2 aliphatic carbocycles. The molecule has 4 aromatic heterocycles. The predicted molar refractivity (Wildman–Crippen MR) is 146 cm³/mol. The van der Waals surface area contributed by atoms with Gasteiger partial charge < -0.3 is 19.7 Å². The van der Waals surface area contributed by atoms with Gasteiger partial charge in [-0.25, -0.2) is 14.8 Å². The van der Waals surface area contributed by atoms with Gasteiger partial charge >= 0.3 is 5.76 Å². The van der Waals surface area contributed by atoms with Crippen molar-refractivity contribution in [3.05, 3.63) is 41.2 Å². The van der Waals surface area contributed by atoms with E-state index in [2.05, 4.69) is 50.1 Å². The highest BCUT2D eigenvalue weighted by molar-refractivity contribution is 5.87. The lowest BCUT2D eigenvalue weighted by atomic mass is 9.80. The maximum atomic E-state index is 11.7. The van der Waals surface area contributed by atoms with E-state index < -0.39 is 5.76 Å². The van der Waals surface area contributed by atoms with Gasteiger partial charge in [0.2, 0.25) is 17.6 Å². The van der Waals surface area contributed by atoms with Crippen LogP contribution in [-0.2, 0) is 6.54 Å². The number of allylic oxidation sites excluding steroid dienone is 1. The lowest BCUT2D eigenvalue weighted by Crippen LogP contribution is -2.31. The van der Waals surface area contributed by atoms with Crippen LogP contribution in [0, 0.1) is 17.8 Å². The number of fused-ring (bicyclic) bond motifs is 1. The molecule has 12 heteroatoms. The first-order chi connectivity index (χ1) is 19.0. The quantitative estimate of drug-likeness (QED) is 0.239. The van der Waals surface area contributed by atoms with Crippen LogP contribution in [0.15, 0.2) is 38.8 Å². The molecule has 2 aliphatic rings. The Morgan fingerprint density at radius 2 is 1.95 bits per heavy atom. The fraction of sp³-hybridized carbons (Fsp3) is 0.556. The second-order valence-corrected chi connectivity index (χ2v) is 11.0. The van der Waals surface area contributed by atoms with Crippen molar-refractivity contribution in [2.24, 2.45) is 17.8 Å². The van der Waals surface area contributed by atoms with Crippen LogP contribution in [-0.4, -0.2) is 40.9 Å². The zero-order valence-corrected chi connectivity index (χ0v) is 22.4. The summed E-state index contributed by atoms with van der Waals surface area (Å²) in [5.41, 5.74) is 1.34. The average molecular weight is 534 g/mol. The number of anilines is 2. The van der Waals surface area contributed by atoms with Gasteiger partial charge in [-0.1, -0.05) is 22.8 Å². The van der Waals surface area contributed by atoms with Crippen molar-refractivity contribution < 1.29 is 9.05 Å². The first kappa shape index (κ1) is 25.3. The maximum absolute atomic E-state index is 11.7. The average Bonchev–Trinajstić information content (AvgIpc) is 3.64. The minimum absolute atomic E-state index is 0.163. The van der Waals surface area contributed by atoms with Gasteiger partial charge in [-0.3, -0.25) is 9.51 Å². The molecule has 12 nitrogen and oxygen atoms in total. The Bertz CT molecular complexity index is 1480. The Hall–Kier alpha value is -3.96. The Morgan fingerprint density at radius 3 is 2.59 bits per heavy atom. The molecule has 1 unspecified atom stereocenters. The summed E-state index contributed by atoms with van der Waals surface area (Å²) in [6, 6.07) is 1.90. The molecule has 0 amide bonds. The van der Waals surface area contributed by atoms with E-state index in [1.165, 1.54) is 19.3 Å². The summed E-state index contributed by atoms with van der Waals surface area (Å²) < 4.78 is 12.3. The molecule has 2 saturated carbocycles. The van der Waals surface area contributed by atoms with Crippen LogP contribution in [0.4, 0.5) is 11.8 Å². The van der Waals surface area contributed by atoms with Crippen molar-refractivity contribution >= 4 is 22.9 Å². The van der Waals surface area contributed by atoms with Crippen LogP contribution >= 0.6 is 0 Å². The van der Waals surface area contributed by atoms with Gasteiger partial charge in [0, 0.05) is 18.7 Å². The van der Waals surface area contributed by atoms with Crippen LogP contribution in [0.1, 0.15) is 70.6 Å². The van der Waals surface area contributed by atoms with Crippen molar-refractivity contribution in [2.45, 2.75) is 77.4 Å². The van der Waals surface area contributed by atoms with Crippen molar-refractivity contribution in [1.29, 1.82) is 0 Å². The third-order valence-electron chi connectivity index (χ3n) is 8.37. The van der Waals surface area contributed by atoms with Gasteiger partial charge in [0.05, 0.1) is 12.2 Å². The van der Waals surface area contributed by atoms with Gasteiger partial charge in [0.1, 0.15) is 5.52 Å². The summed E-state index contributed by atoms with van der Waals surface area (Å²) in [5.74, 6) is 3.49. The molecule has 2 atom stereocenters. The van der Waals surface area contributed by atoms with E-state index in [0.29, 0.717) is 40.9 Å². The number of hydrogen-bond donors (Lipinski definition) is 3. The second-order valence-electron chi connectivity index (χ2n) is 11.0. The zero-order valence-electron chi connectivity index (χ0n) is 22.4. The molecule has 0 aliphatic heterocycles. The normalized spacial score (nSPS) is 21.4. The lowest BCUT2D eigenvalue weighted by Gasteiger charge is -2.32. The summed E-state index contributed by atoms with van der Waals surface area (Å²) in [6.07, 6.45) is 11.9. The zero-order chi connectivity index (χ0) is 26.9. The number of nitrogens with one attached hydrogen (secondary N) is 3. The van der Waals surface area contributed by atoms with Gasteiger partial charge in [-0.05, 0) is 70.1 Å². The number of imidazole rings is 1. The van der Waals surface area contributed by atoms with E-state index in [-0.39, 0.29) is 23.7 Å². The summed E-state index contributed by atoms with van der Waals surface area (Å²) in [6.45, 7) is 8.98. The molecule has 2 fully saturated rings. The molecule has 0 radical (unpaired) electrons. The Balaban J connectivity index is 1.44. The van der Waals surface area contributed by atoms with E-state index in [0.717, 1.165) is 37.7 Å². The fourth-order valence-corrected chi connectivity index (χ4v) is 5.71. The predicted octanol–water partition coefficient (Wildman–Crippen LogP) is 4.92. The van der Waals surface area contributed by atoms with Gasteiger partial charge in [0.15, 0.2) is 17.2 Å². The maximum Gasteiger partial charge on any atom is 0.439 e. The number of H-pyrrole nitrogens is 1. The van der Waals surface area contributed by atoms with Crippen molar-refractivity contribution in [1.82, 2.24) is 34.8 Å². The topological polar surface area (TPSA) is 153 Å². The van der Waals surface area contributed by atoms with Gasteiger partial charge in [0.25, 0.3) is 0 Å². The van der Waals surface area contributed by atoms with Crippen LogP contribution in [0.2, 0.25) is 0 Å². The van der Waals surface area contributed by atoms with Crippen LogP contribution in [0.3, 0.4) is 0 Å². The first-order valence-electron chi connectivity index (χ1n) is 13.9. The molecule has 0 bridgehead atoms. The Morgan fingerprint density at radius 1 is 1.13 bits per heavy atom. The summed E-state index contributed by atoms with van der Waals surface area (Å²) in [7, 11) is 0. The van der Waals surface area contributed by atoms with Crippen LogP contribution in [0.5, 0.6) is 0 Å². The number of aromatic amines is 1. The molecular formula is C27H35N9O3. The molecule has 39 heavy (non-hydrogen) atoms. The highest BCUT2D eigenvalue weighted by atomic mass is 16.5. The van der Waals surface area contributed by atoms with Crippen molar-refractivity contribution in [3.63, 3.8) is 0 Å². The number of nitrogens with zero attached hydrogens (tertiary/aromatic N) is 6. The molecule has 4 heterocycles. The van der Waals surface area contributed by atoms with Crippen LogP contribution in [0.25, 0.3) is 22.8 Å². The highest BCUT2D eigenvalue weighted by Crippen LogP contribution is 2.36.